The first-order valence-corrected chi connectivity index (χ1v) is 11.8. The van der Waals surface area contributed by atoms with Crippen LogP contribution in [0.15, 0.2) is 48.5 Å². The molecule has 1 atom stereocenters. The minimum Gasteiger partial charge on any atom is -0.449 e. The van der Waals surface area contributed by atoms with Crippen LogP contribution in [0.3, 0.4) is 0 Å². The predicted octanol–water partition coefficient (Wildman–Crippen LogP) is 2.79. The highest BCUT2D eigenvalue weighted by molar-refractivity contribution is 7.90. The number of hydrogen-bond acceptors (Lipinski definition) is 5. The van der Waals surface area contributed by atoms with Crippen LogP contribution in [0, 0.1) is 5.41 Å². The van der Waals surface area contributed by atoms with Crippen molar-refractivity contribution in [2.45, 2.75) is 5.92 Å². The van der Waals surface area contributed by atoms with Crippen LogP contribution in [0.5, 0.6) is 0 Å². The van der Waals surface area contributed by atoms with Gasteiger partial charge in [0.05, 0.1) is 12.4 Å². The molecule has 1 amide bonds. The SMILES string of the molecule is CS(=O)(=O)CC(CO)(CCl)CNC(=O)OCC1c2ccccc2-c2ccccc21. The van der Waals surface area contributed by atoms with E-state index in [9.17, 15) is 18.3 Å². The molecule has 2 aromatic carbocycles. The number of halogens is 1. The number of alkyl carbamates (subject to hydrolysis) is 1. The van der Waals surface area contributed by atoms with E-state index in [0.717, 1.165) is 28.5 Å². The fourth-order valence-electron chi connectivity index (χ4n) is 3.75. The van der Waals surface area contributed by atoms with Gasteiger partial charge in [0.1, 0.15) is 16.4 Å². The summed E-state index contributed by atoms with van der Waals surface area (Å²) < 4.78 is 28.7. The van der Waals surface area contributed by atoms with Gasteiger partial charge in [0.15, 0.2) is 0 Å². The number of nitrogens with one attached hydrogen (secondary N) is 1. The first kappa shape index (κ1) is 21.6. The van der Waals surface area contributed by atoms with Gasteiger partial charge in [0, 0.05) is 30.0 Å². The maximum Gasteiger partial charge on any atom is 0.407 e. The number of fused-ring (bicyclic) bond motifs is 3. The maximum absolute atomic E-state index is 12.3. The molecule has 0 fully saturated rings. The topological polar surface area (TPSA) is 92.7 Å². The van der Waals surface area contributed by atoms with Crippen LogP contribution in [0.25, 0.3) is 11.1 Å². The molecule has 0 aliphatic heterocycles. The summed E-state index contributed by atoms with van der Waals surface area (Å²) in [5.41, 5.74) is 3.31. The lowest BCUT2D eigenvalue weighted by atomic mass is 9.94. The fraction of sp³-hybridized carbons (Fsp3) is 0.381. The van der Waals surface area contributed by atoms with E-state index in [1.165, 1.54) is 0 Å². The number of alkyl halides is 1. The zero-order valence-electron chi connectivity index (χ0n) is 16.1. The van der Waals surface area contributed by atoms with E-state index in [1.54, 1.807) is 0 Å². The third-order valence-corrected chi connectivity index (χ3v) is 6.84. The average molecular weight is 438 g/mol. The van der Waals surface area contributed by atoms with Crippen molar-refractivity contribution >= 4 is 27.5 Å². The number of aliphatic hydroxyl groups excluding tert-OH is 1. The highest BCUT2D eigenvalue weighted by Gasteiger charge is 2.34. The number of aliphatic hydroxyl groups is 1. The molecule has 8 heteroatoms. The number of carbonyl (C=O) groups is 1. The number of sulfone groups is 1. The van der Waals surface area contributed by atoms with Gasteiger partial charge in [-0.05, 0) is 22.3 Å². The molecular weight excluding hydrogens is 414 g/mol. The zero-order chi connectivity index (χ0) is 21.1. The van der Waals surface area contributed by atoms with Gasteiger partial charge in [-0.15, -0.1) is 11.6 Å². The number of ether oxygens (including phenoxy) is 1. The summed E-state index contributed by atoms with van der Waals surface area (Å²) >= 11 is 5.89. The van der Waals surface area contributed by atoms with E-state index < -0.39 is 28.0 Å². The van der Waals surface area contributed by atoms with Crippen molar-refractivity contribution in [1.29, 1.82) is 0 Å². The van der Waals surface area contributed by atoms with E-state index in [4.69, 9.17) is 16.3 Å². The van der Waals surface area contributed by atoms with Crippen molar-refractivity contribution in [3.8, 4) is 11.1 Å². The Morgan fingerprint density at radius 3 is 2.17 bits per heavy atom. The molecule has 0 spiro atoms. The second-order valence-corrected chi connectivity index (χ2v) is 9.95. The molecule has 2 aromatic rings. The Kier molecular flexibility index (Phi) is 6.51. The largest absolute Gasteiger partial charge is 0.449 e. The molecule has 2 N–H and O–H groups in total. The summed E-state index contributed by atoms with van der Waals surface area (Å²) in [6.45, 7) is -0.414. The van der Waals surface area contributed by atoms with Gasteiger partial charge in [0.2, 0.25) is 0 Å². The molecule has 1 unspecified atom stereocenters. The monoisotopic (exact) mass is 437 g/mol. The number of carbonyl (C=O) groups excluding carboxylic acids is 1. The van der Waals surface area contributed by atoms with Gasteiger partial charge < -0.3 is 15.2 Å². The van der Waals surface area contributed by atoms with Gasteiger partial charge in [-0.1, -0.05) is 48.5 Å². The van der Waals surface area contributed by atoms with Crippen molar-refractivity contribution in [1.82, 2.24) is 5.32 Å². The summed E-state index contributed by atoms with van der Waals surface area (Å²) in [4.78, 5) is 12.3. The fourth-order valence-corrected chi connectivity index (χ4v) is 5.54. The van der Waals surface area contributed by atoms with E-state index in [0.29, 0.717) is 0 Å². The van der Waals surface area contributed by atoms with Crippen LogP contribution in [0.4, 0.5) is 4.79 Å². The average Bonchev–Trinajstić information content (AvgIpc) is 3.02. The normalized spacial score (nSPS) is 15.3. The molecule has 0 saturated heterocycles. The smallest absolute Gasteiger partial charge is 0.407 e. The van der Waals surface area contributed by atoms with E-state index in [2.05, 4.69) is 17.4 Å². The predicted molar refractivity (Wildman–Crippen MR) is 113 cm³/mol. The summed E-state index contributed by atoms with van der Waals surface area (Å²) in [5, 5.41) is 12.2. The van der Waals surface area contributed by atoms with Crippen molar-refractivity contribution in [3.05, 3.63) is 59.7 Å². The Bertz CT molecular complexity index is 943. The molecule has 3 rings (SSSR count). The van der Waals surface area contributed by atoms with Gasteiger partial charge in [0.25, 0.3) is 0 Å². The minimum atomic E-state index is -3.38. The lowest BCUT2D eigenvalue weighted by Gasteiger charge is -2.28. The van der Waals surface area contributed by atoms with Crippen LogP contribution in [-0.4, -0.2) is 57.3 Å². The van der Waals surface area contributed by atoms with Crippen LogP contribution in [0.2, 0.25) is 0 Å². The Morgan fingerprint density at radius 1 is 1.14 bits per heavy atom. The molecule has 0 radical (unpaired) electrons. The molecule has 0 saturated carbocycles. The summed E-state index contributed by atoms with van der Waals surface area (Å²) in [6.07, 6.45) is 0.389. The summed E-state index contributed by atoms with van der Waals surface area (Å²) in [6, 6.07) is 16.0. The molecule has 0 bridgehead atoms. The molecule has 6 nitrogen and oxygen atoms in total. The molecule has 156 valence electrons. The van der Waals surface area contributed by atoms with E-state index in [1.807, 2.05) is 36.4 Å². The molecule has 0 heterocycles. The first-order chi connectivity index (χ1) is 13.8. The van der Waals surface area contributed by atoms with Crippen molar-refractivity contribution in [3.63, 3.8) is 0 Å². The third-order valence-electron chi connectivity index (χ3n) is 5.14. The minimum absolute atomic E-state index is 0.0696. The lowest BCUT2D eigenvalue weighted by Crippen LogP contribution is -2.46. The highest BCUT2D eigenvalue weighted by Crippen LogP contribution is 2.44. The van der Waals surface area contributed by atoms with Gasteiger partial charge in [-0.2, -0.15) is 0 Å². The molecule has 1 aliphatic carbocycles. The van der Waals surface area contributed by atoms with E-state index in [-0.39, 0.29) is 30.7 Å². The zero-order valence-corrected chi connectivity index (χ0v) is 17.7. The van der Waals surface area contributed by atoms with E-state index >= 15 is 0 Å². The standard InChI is InChI=1S/C21H24ClNO5S/c1-29(26,27)14-21(11-22,13-24)12-23-20(25)28-10-19-17-8-4-2-6-15(17)16-7-3-5-9-18(16)19/h2-9,19,24H,10-14H2,1H3,(H,23,25). The Labute approximate surface area is 175 Å². The van der Waals surface area contributed by atoms with Crippen LogP contribution in [-0.2, 0) is 14.6 Å². The summed E-state index contributed by atoms with van der Waals surface area (Å²) in [5.74, 6) is -0.510. The van der Waals surface area contributed by atoms with Crippen molar-refractivity contribution in [2.75, 3.05) is 37.6 Å². The quantitative estimate of drug-likeness (QED) is 0.619. The Hall–Kier alpha value is -2.09. The third kappa shape index (κ3) is 4.91. The number of amides is 1. The molecule has 0 aromatic heterocycles. The lowest BCUT2D eigenvalue weighted by molar-refractivity contribution is 0.127. The van der Waals surface area contributed by atoms with Crippen molar-refractivity contribution < 1.29 is 23.1 Å². The first-order valence-electron chi connectivity index (χ1n) is 9.22. The Balaban J connectivity index is 1.65. The van der Waals surface area contributed by atoms with Gasteiger partial charge >= 0.3 is 6.09 Å². The maximum atomic E-state index is 12.3. The molecule has 29 heavy (non-hydrogen) atoms. The Morgan fingerprint density at radius 2 is 1.69 bits per heavy atom. The number of benzene rings is 2. The highest BCUT2D eigenvalue weighted by atomic mass is 35.5. The second-order valence-electron chi connectivity index (χ2n) is 7.54. The van der Waals surface area contributed by atoms with Gasteiger partial charge in [-0.3, -0.25) is 0 Å². The van der Waals surface area contributed by atoms with Gasteiger partial charge in [-0.25, -0.2) is 13.2 Å². The van der Waals surface area contributed by atoms with Crippen molar-refractivity contribution in [2.24, 2.45) is 5.41 Å². The molecular formula is C21H24ClNO5S. The number of hydrogen-bond donors (Lipinski definition) is 2. The molecule has 1 aliphatic rings. The number of rotatable bonds is 8. The van der Waals surface area contributed by atoms with Crippen LogP contribution in [0.1, 0.15) is 17.0 Å². The van der Waals surface area contributed by atoms with Crippen LogP contribution >= 0.6 is 11.6 Å². The summed E-state index contributed by atoms with van der Waals surface area (Å²) in [7, 11) is -3.38. The second kappa shape index (κ2) is 8.73. The van der Waals surface area contributed by atoms with Crippen LogP contribution < -0.4 is 5.32 Å².